The third kappa shape index (κ3) is 1.28. The van der Waals surface area contributed by atoms with Crippen LogP contribution in [0.2, 0.25) is 0 Å². The molecule has 0 saturated carbocycles. The third-order valence-corrected chi connectivity index (χ3v) is 1.61. The van der Waals surface area contributed by atoms with Gasteiger partial charge in [0.2, 0.25) is 0 Å². The van der Waals surface area contributed by atoms with Crippen molar-refractivity contribution in [3.63, 3.8) is 0 Å². The molecule has 0 spiro atoms. The van der Waals surface area contributed by atoms with Gasteiger partial charge in [0.1, 0.15) is 11.4 Å². The van der Waals surface area contributed by atoms with E-state index in [2.05, 4.69) is 10.2 Å². The molecule has 66 valence electrons. The van der Waals surface area contributed by atoms with Crippen LogP contribution in [0.25, 0.3) is 0 Å². The molecule has 6 heteroatoms. The molecule has 0 aliphatic rings. The van der Waals surface area contributed by atoms with Crippen LogP contribution in [0.1, 0.15) is 18.3 Å². The van der Waals surface area contributed by atoms with Crippen LogP contribution in [0.4, 0.5) is 5.69 Å². The number of hydrogen-bond acceptors (Lipinski definition) is 4. The zero-order chi connectivity index (χ0) is 9.14. The van der Waals surface area contributed by atoms with E-state index in [1.165, 1.54) is 0 Å². The van der Waals surface area contributed by atoms with Crippen LogP contribution in [0.15, 0.2) is 0 Å². The molecule has 0 radical (unpaired) electrons. The number of aromatic nitrogens is 2. The van der Waals surface area contributed by atoms with Gasteiger partial charge in [-0.2, -0.15) is 5.10 Å². The fraction of sp³-hybridized carbons (Fsp3) is 0.500. The van der Waals surface area contributed by atoms with E-state index in [1.54, 1.807) is 0 Å². The summed E-state index contributed by atoms with van der Waals surface area (Å²) in [7, 11) is 0. The van der Waals surface area contributed by atoms with Gasteiger partial charge in [-0.05, 0) is 6.42 Å². The van der Waals surface area contributed by atoms with Crippen LogP contribution in [0.5, 0.6) is 0 Å². The average Bonchev–Trinajstić information content (AvgIpc) is 2.46. The SMILES string of the molecule is CCc1n[nH]c(CN)c1[N+](=O)[O-]. The summed E-state index contributed by atoms with van der Waals surface area (Å²) >= 11 is 0. The lowest BCUT2D eigenvalue weighted by atomic mass is 10.2. The van der Waals surface area contributed by atoms with Gasteiger partial charge in [0, 0.05) is 6.54 Å². The molecule has 1 aromatic heterocycles. The van der Waals surface area contributed by atoms with E-state index in [0.717, 1.165) is 0 Å². The van der Waals surface area contributed by atoms with Gasteiger partial charge in [-0.3, -0.25) is 15.2 Å². The Labute approximate surface area is 68.9 Å². The summed E-state index contributed by atoms with van der Waals surface area (Å²) in [6, 6.07) is 0. The van der Waals surface area contributed by atoms with Gasteiger partial charge in [0.15, 0.2) is 0 Å². The highest BCUT2D eigenvalue weighted by atomic mass is 16.6. The van der Waals surface area contributed by atoms with E-state index in [1.807, 2.05) is 6.92 Å². The smallest absolute Gasteiger partial charge is 0.314 e. The van der Waals surface area contributed by atoms with Crippen LogP contribution in [0, 0.1) is 10.1 Å². The van der Waals surface area contributed by atoms with E-state index >= 15 is 0 Å². The second-order valence-corrected chi connectivity index (χ2v) is 2.31. The standard InChI is InChI=1S/C6H10N4O2/c1-2-4-6(10(11)12)5(3-7)9-8-4/h2-3,7H2,1H3,(H,8,9). The summed E-state index contributed by atoms with van der Waals surface area (Å²) in [6.07, 6.45) is 0.535. The van der Waals surface area contributed by atoms with Crippen molar-refractivity contribution in [2.75, 3.05) is 0 Å². The number of nitrogens with two attached hydrogens (primary N) is 1. The number of rotatable bonds is 3. The molecule has 0 saturated heterocycles. The molecule has 1 heterocycles. The van der Waals surface area contributed by atoms with Gasteiger partial charge < -0.3 is 5.73 Å². The maximum Gasteiger partial charge on any atom is 0.314 e. The minimum Gasteiger partial charge on any atom is -0.325 e. The average molecular weight is 170 g/mol. The predicted octanol–water partition coefficient (Wildman–Crippen LogP) is 0.339. The Hall–Kier alpha value is -1.43. The number of hydrogen-bond donors (Lipinski definition) is 2. The fourth-order valence-corrected chi connectivity index (χ4v) is 1.02. The van der Waals surface area contributed by atoms with E-state index < -0.39 is 4.92 Å². The van der Waals surface area contributed by atoms with Gasteiger partial charge >= 0.3 is 5.69 Å². The van der Waals surface area contributed by atoms with Crippen LogP contribution < -0.4 is 5.73 Å². The molecule has 6 nitrogen and oxygen atoms in total. The van der Waals surface area contributed by atoms with Crippen molar-refractivity contribution in [1.29, 1.82) is 0 Å². The van der Waals surface area contributed by atoms with Crippen molar-refractivity contribution in [3.05, 3.63) is 21.5 Å². The van der Waals surface area contributed by atoms with Gasteiger partial charge in [0.25, 0.3) is 0 Å². The lowest BCUT2D eigenvalue weighted by Gasteiger charge is -1.91. The monoisotopic (exact) mass is 170 g/mol. The molecule has 1 aromatic rings. The first-order chi connectivity index (χ1) is 5.70. The molecule has 3 N–H and O–H groups in total. The van der Waals surface area contributed by atoms with Crippen LogP contribution >= 0.6 is 0 Å². The Kier molecular flexibility index (Phi) is 2.39. The lowest BCUT2D eigenvalue weighted by Crippen LogP contribution is -2.01. The summed E-state index contributed by atoms with van der Waals surface area (Å²) < 4.78 is 0. The number of nitrogens with one attached hydrogen (secondary N) is 1. The summed E-state index contributed by atoms with van der Waals surface area (Å²) in [5.41, 5.74) is 6.15. The molecule has 0 aliphatic carbocycles. The Morgan fingerprint density at radius 1 is 1.75 bits per heavy atom. The Morgan fingerprint density at radius 2 is 2.42 bits per heavy atom. The van der Waals surface area contributed by atoms with Gasteiger partial charge in [-0.25, -0.2) is 0 Å². The summed E-state index contributed by atoms with van der Waals surface area (Å²) in [6.45, 7) is 1.92. The normalized spacial score (nSPS) is 10.2. The molecule has 0 aromatic carbocycles. The summed E-state index contributed by atoms with van der Waals surface area (Å²) in [5, 5.41) is 16.8. The number of aryl methyl sites for hydroxylation is 1. The molecule has 0 bridgehead atoms. The van der Waals surface area contributed by atoms with Gasteiger partial charge in [-0.15, -0.1) is 0 Å². The van der Waals surface area contributed by atoms with E-state index in [-0.39, 0.29) is 12.2 Å². The molecular formula is C6H10N4O2. The van der Waals surface area contributed by atoms with Crippen molar-refractivity contribution in [3.8, 4) is 0 Å². The van der Waals surface area contributed by atoms with E-state index in [0.29, 0.717) is 17.8 Å². The second-order valence-electron chi connectivity index (χ2n) is 2.31. The van der Waals surface area contributed by atoms with Crippen molar-refractivity contribution < 1.29 is 4.92 Å². The number of nitrogens with zero attached hydrogens (tertiary/aromatic N) is 2. The molecule has 12 heavy (non-hydrogen) atoms. The van der Waals surface area contributed by atoms with Crippen molar-refractivity contribution >= 4 is 5.69 Å². The van der Waals surface area contributed by atoms with Crippen molar-refractivity contribution in [2.24, 2.45) is 5.73 Å². The molecule has 0 aliphatic heterocycles. The molecule has 0 amide bonds. The van der Waals surface area contributed by atoms with Crippen LogP contribution in [-0.4, -0.2) is 15.1 Å². The van der Waals surface area contributed by atoms with Crippen molar-refractivity contribution in [2.45, 2.75) is 19.9 Å². The topological polar surface area (TPSA) is 97.8 Å². The Morgan fingerprint density at radius 3 is 2.83 bits per heavy atom. The van der Waals surface area contributed by atoms with E-state index in [9.17, 15) is 10.1 Å². The number of H-pyrrole nitrogens is 1. The molecule has 0 atom stereocenters. The fourth-order valence-electron chi connectivity index (χ4n) is 1.02. The first-order valence-corrected chi connectivity index (χ1v) is 3.61. The third-order valence-electron chi connectivity index (χ3n) is 1.61. The number of aromatic amines is 1. The quantitative estimate of drug-likeness (QED) is 0.504. The van der Waals surface area contributed by atoms with Crippen molar-refractivity contribution in [1.82, 2.24) is 10.2 Å². The van der Waals surface area contributed by atoms with Gasteiger partial charge in [-0.1, -0.05) is 6.92 Å². The Balaban J connectivity index is 3.16. The maximum atomic E-state index is 10.5. The van der Waals surface area contributed by atoms with Gasteiger partial charge in [0.05, 0.1) is 4.92 Å². The zero-order valence-electron chi connectivity index (χ0n) is 6.70. The molecule has 0 unspecified atom stereocenters. The largest absolute Gasteiger partial charge is 0.325 e. The molecule has 1 rings (SSSR count). The minimum absolute atomic E-state index is 0.0278. The predicted molar refractivity (Wildman–Crippen MR) is 42.5 cm³/mol. The highest BCUT2D eigenvalue weighted by Crippen LogP contribution is 2.20. The minimum atomic E-state index is -0.454. The van der Waals surface area contributed by atoms with E-state index in [4.69, 9.17) is 5.73 Å². The van der Waals surface area contributed by atoms with Crippen LogP contribution in [0.3, 0.4) is 0 Å². The molecular weight excluding hydrogens is 160 g/mol. The lowest BCUT2D eigenvalue weighted by molar-refractivity contribution is -0.386. The molecule has 0 fully saturated rings. The maximum absolute atomic E-state index is 10.5. The Bertz CT molecular complexity index is 272. The number of nitro groups is 1. The summed E-state index contributed by atoms with van der Waals surface area (Å²) in [4.78, 5) is 10.1. The first kappa shape index (κ1) is 8.66. The highest BCUT2D eigenvalue weighted by molar-refractivity contribution is 5.40. The van der Waals surface area contributed by atoms with Crippen LogP contribution in [-0.2, 0) is 13.0 Å². The zero-order valence-corrected chi connectivity index (χ0v) is 6.70. The summed E-state index contributed by atoms with van der Waals surface area (Å²) in [5.74, 6) is 0. The highest BCUT2D eigenvalue weighted by Gasteiger charge is 2.21. The second kappa shape index (κ2) is 3.31. The first-order valence-electron chi connectivity index (χ1n) is 3.61.